The summed E-state index contributed by atoms with van der Waals surface area (Å²) in [5.74, 6) is 2.89. The fourth-order valence-corrected chi connectivity index (χ4v) is 8.89. The molecule has 4 aliphatic carbocycles. The minimum atomic E-state index is -0.772. The summed E-state index contributed by atoms with van der Waals surface area (Å²) in [6.07, 6.45) is 12.8. The van der Waals surface area contributed by atoms with Gasteiger partial charge in [-0.25, -0.2) is 0 Å². The van der Waals surface area contributed by atoms with Crippen LogP contribution in [0.25, 0.3) is 0 Å². The Labute approximate surface area is 196 Å². The molecule has 0 bridgehead atoms. The minimum absolute atomic E-state index is 0.159. The molecule has 0 spiro atoms. The zero-order chi connectivity index (χ0) is 23.5. The maximum atomic E-state index is 11.3. The molecule has 182 valence electrons. The van der Waals surface area contributed by atoms with Crippen molar-refractivity contribution in [3.05, 3.63) is 24.3 Å². The van der Waals surface area contributed by atoms with E-state index in [4.69, 9.17) is 0 Å². The lowest BCUT2D eigenvalue weighted by atomic mass is 9.46. The normalized spacial score (nSPS) is 46.5. The van der Waals surface area contributed by atoms with Gasteiger partial charge in [-0.3, -0.25) is 0 Å². The summed E-state index contributed by atoms with van der Waals surface area (Å²) in [5.41, 5.74) is 0.994. The van der Waals surface area contributed by atoms with Crippen molar-refractivity contribution in [2.75, 3.05) is 0 Å². The van der Waals surface area contributed by atoms with E-state index in [-0.39, 0.29) is 29.0 Å². The second kappa shape index (κ2) is 8.54. The van der Waals surface area contributed by atoms with Crippen molar-refractivity contribution >= 4 is 0 Å². The predicted molar refractivity (Wildman–Crippen MR) is 131 cm³/mol. The van der Waals surface area contributed by atoms with Gasteiger partial charge in [0.25, 0.3) is 0 Å². The third kappa shape index (κ3) is 3.75. The first-order valence-electron chi connectivity index (χ1n) is 13.4. The van der Waals surface area contributed by atoms with Gasteiger partial charge >= 0.3 is 0 Å². The molecule has 0 amide bonds. The van der Waals surface area contributed by atoms with Gasteiger partial charge in [0.1, 0.15) is 0 Å². The maximum Gasteiger partial charge on any atom is 0.0847 e. The van der Waals surface area contributed by atoms with E-state index in [0.29, 0.717) is 29.6 Å². The minimum Gasteiger partial charge on any atom is -0.393 e. The van der Waals surface area contributed by atoms with Gasteiger partial charge in [0.15, 0.2) is 0 Å². The summed E-state index contributed by atoms with van der Waals surface area (Å²) in [7, 11) is 0. The number of hydrogen-bond acceptors (Lipinski definition) is 3. The Morgan fingerprint density at radius 2 is 1.81 bits per heavy atom. The van der Waals surface area contributed by atoms with Crippen LogP contribution >= 0.6 is 0 Å². The molecule has 4 rings (SSSR count). The smallest absolute Gasteiger partial charge is 0.0847 e. The quantitative estimate of drug-likeness (QED) is 0.448. The summed E-state index contributed by atoms with van der Waals surface area (Å²) >= 11 is 0. The molecule has 0 aliphatic heterocycles. The van der Waals surface area contributed by atoms with Crippen LogP contribution in [0.15, 0.2) is 24.3 Å². The first-order chi connectivity index (χ1) is 15.0. The van der Waals surface area contributed by atoms with Crippen LogP contribution in [0.1, 0.15) is 92.4 Å². The molecule has 0 aromatic rings. The van der Waals surface area contributed by atoms with E-state index in [1.165, 1.54) is 31.3 Å². The first kappa shape index (κ1) is 24.5. The van der Waals surface area contributed by atoms with E-state index >= 15 is 0 Å². The molecule has 3 heteroatoms. The van der Waals surface area contributed by atoms with Crippen LogP contribution in [0, 0.1) is 46.3 Å². The van der Waals surface area contributed by atoms with Crippen molar-refractivity contribution in [1.82, 2.24) is 0 Å². The number of aliphatic hydroxyl groups excluding tert-OH is 2. The Hall–Kier alpha value is -0.640. The van der Waals surface area contributed by atoms with Crippen molar-refractivity contribution in [2.24, 2.45) is 46.3 Å². The lowest BCUT2D eigenvalue weighted by Crippen LogP contribution is -2.55. The molecule has 0 saturated heterocycles. The average molecular weight is 445 g/mol. The zero-order valence-electron chi connectivity index (χ0n) is 21.2. The first-order valence-corrected chi connectivity index (χ1v) is 13.4. The molecule has 3 saturated carbocycles. The summed E-state index contributed by atoms with van der Waals surface area (Å²) < 4.78 is 0. The second-order valence-electron chi connectivity index (χ2n) is 12.9. The predicted octanol–water partition coefficient (Wildman–Crippen LogP) is 5.89. The van der Waals surface area contributed by atoms with E-state index in [1.54, 1.807) is 6.08 Å². The van der Waals surface area contributed by atoms with Crippen LogP contribution in [0.5, 0.6) is 0 Å². The molecular formula is C29H48O3. The van der Waals surface area contributed by atoms with Crippen molar-refractivity contribution in [3.8, 4) is 0 Å². The molecule has 4 aliphatic rings. The highest BCUT2D eigenvalue weighted by atomic mass is 16.3. The molecule has 0 radical (unpaired) electrons. The fraction of sp³-hybridized carbons (Fsp3) is 0.862. The Kier molecular flexibility index (Phi) is 6.53. The molecule has 10 atom stereocenters. The van der Waals surface area contributed by atoms with E-state index < -0.39 is 5.60 Å². The van der Waals surface area contributed by atoms with E-state index in [2.05, 4.69) is 47.3 Å². The molecule has 0 heterocycles. The van der Waals surface area contributed by atoms with E-state index in [9.17, 15) is 15.3 Å². The topological polar surface area (TPSA) is 60.7 Å². The van der Waals surface area contributed by atoms with Crippen molar-refractivity contribution in [2.45, 2.75) is 110 Å². The van der Waals surface area contributed by atoms with Gasteiger partial charge in [-0.1, -0.05) is 52.3 Å². The third-order valence-corrected chi connectivity index (χ3v) is 11.2. The van der Waals surface area contributed by atoms with Crippen LogP contribution < -0.4 is 0 Å². The van der Waals surface area contributed by atoms with Gasteiger partial charge < -0.3 is 15.3 Å². The number of rotatable bonds is 6. The Bertz CT molecular complexity index is 743. The highest BCUT2D eigenvalue weighted by molar-refractivity contribution is 5.28. The standard InChI is InChI=1S/C29H48O3/c1-7-29(32,18(2)3)15-10-19(4)22-8-9-23-26-24(12-14-28(22,23)6)27(5)13-11-21(30)16-20(27)17-25(26)31/h7,17-19,21-26,30-32H,1,8-16H2,2-6H3/t19-,21+,22-,23+,24+,25+,26+,27+,28-,29-/m1/s1. The summed E-state index contributed by atoms with van der Waals surface area (Å²) in [4.78, 5) is 0. The van der Waals surface area contributed by atoms with Gasteiger partial charge in [-0.15, -0.1) is 6.58 Å². The molecule has 0 unspecified atom stereocenters. The Balaban J connectivity index is 1.53. The van der Waals surface area contributed by atoms with Crippen molar-refractivity contribution in [1.29, 1.82) is 0 Å². The van der Waals surface area contributed by atoms with Crippen LogP contribution in [0.2, 0.25) is 0 Å². The molecule has 0 aromatic carbocycles. The summed E-state index contributed by atoms with van der Waals surface area (Å²) in [5, 5.41) is 32.5. The van der Waals surface area contributed by atoms with Crippen LogP contribution in [-0.2, 0) is 0 Å². The lowest BCUT2D eigenvalue weighted by Gasteiger charge is -2.59. The van der Waals surface area contributed by atoms with Gasteiger partial charge in [0.05, 0.1) is 17.8 Å². The lowest BCUT2D eigenvalue weighted by molar-refractivity contribution is -0.0977. The van der Waals surface area contributed by atoms with E-state index in [0.717, 1.165) is 32.1 Å². The van der Waals surface area contributed by atoms with Crippen molar-refractivity contribution < 1.29 is 15.3 Å². The average Bonchev–Trinajstić information content (AvgIpc) is 3.10. The SMILES string of the molecule is C=C[C@@](O)(CC[C@@H](C)[C@H]1CC[C@H]2[C@@H]3[C@@H](O)C=C4C[C@@H](O)CC[C@]4(C)[C@H]3CC[C@]12C)C(C)C. The summed E-state index contributed by atoms with van der Waals surface area (Å²) in [6, 6.07) is 0. The van der Waals surface area contributed by atoms with Crippen LogP contribution in [-0.4, -0.2) is 33.1 Å². The van der Waals surface area contributed by atoms with Crippen molar-refractivity contribution in [3.63, 3.8) is 0 Å². The van der Waals surface area contributed by atoms with Crippen LogP contribution in [0.4, 0.5) is 0 Å². The summed E-state index contributed by atoms with van der Waals surface area (Å²) in [6.45, 7) is 15.4. The number of aliphatic hydroxyl groups is 3. The van der Waals surface area contributed by atoms with Gasteiger partial charge in [0, 0.05) is 0 Å². The second-order valence-corrected chi connectivity index (χ2v) is 12.9. The third-order valence-electron chi connectivity index (χ3n) is 11.2. The molecular weight excluding hydrogens is 396 g/mol. The molecule has 3 nitrogen and oxygen atoms in total. The maximum absolute atomic E-state index is 11.3. The largest absolute Gasteiger partial charge is 0.393 e. The fourth-order valence-electron chi connectivity index (χ4n) is 8.89. The molecule has 3 fully saturated rings. The van der Waals surface area contributed by atoms with E-state index in [1.807, 2.05) is 0 Å². The Morgan fingerprint density at radius 3 is 2.47 bits per heavy atom. The number of hydrogen-bond donors (Lipinski definition) is 3. The number of fused-ring (bicyclic) bond motifs is 5. The molecule has 32 heavy (non-hydrogen) atoms. The zero-order valence-corrected chi connectivity index (χ0v) is 21.2. The molecule has 3 N–H and O–H groups in total. The Morgan fingerprint density at radius 1 is 1.09 bits per heavy atom. The van der Waals surface area contributed by atoms with Gasteiger partial charge in [0.2, 0.25) is 0 Å². The van der Waals surface area contributed by atoms with Gasteiger partial charge in [-0.2, -0.15) is 0 Å². The highest BCUT2D eigenvalue weighted by Crippen LogP contribution is 2.67. The van der Waals surface area contributed by atoms with Gasteiger partial charge in [-0.05, 0) is 104 Å². The van der Waals surface area contributed by atoms with Crippen LogP contribution in [0.3, 0.4) is 0 Å². The highest BCUT2D eigenvalue weighted by Gasteiger charge is 2.61. The monoisotopic (exact) mass is 444 g/mol. The molecule has 0 aromatic heterocycles.